The van der Waals surface area contributed by atoms with E-state index in [1.54, 1.807) is 25.6 Å². The lowest BCUT2D eigenvalue weighted by atomic mass is 10.0. The minimum atomic E-state index is -0.377. The second-order valence-corrected chi connectivity index (χ2v) is 7.83. The number of nitrogens with zero attached hydrogens (tertiary/aromatic N) is 5. The average Bonchev–Trinajstić information content (AvgIpc) is 2.95. The predicted octanol–water partition coefficient (Wildman–Crippen LogP) is 0.804. The molecule has 0 saturated carbocycles. The van der Waals surface area contributed by atoms with Gasteiger partial charge in [-0.1, -0.05) is 18.7 Å². The van der Waals surface area contributed by atoms with Crippen LogP contribution < -0.4 is 11.2 Å². The number of rotatable bonds is 4. The van der Waals surface area contributed by atoms with E-state index in [1.165, 1.54) is 27.3 Å². The smallest absolute Gasteiger partial charge is 0.332 e. The summed E-state index contributed by atoms with van der Waals surface area (Å²) >= 11 is 1.31. The molecule has 3 heterocycles. The van der Waals surface area contributed by atoms with Crippen LogP contribution in [0.2, 0.25) is 0 Å². The van der Waals surface area contributed by atoms with Gasteiger partial charge in [0.25, 0.3) is 5.56 Å². The molecule has 1 amide bonds. The third kappa shape index (κ3) is 3.20. The van der Waals surface area contributed by atoms with Crippen molar-refractivity contribution in [3.05, 3.63) is 20.8 Å². The van der Waals surface area contributed by atoms with E-state index < -0.39 is 0 Å². The first-order valence-electron chi connectivity index (χ1n) is 8.92. The van der Waals surface area contributed by atoms with Gasteiger partial charge >= 0.3 is 5.69 Å². The van der Waals surface area contributed by atoms with Gasteiger partial charge in [-0.05, 0) is 25.7 Å². The molecule has 0 spiro atoms. The van der Waals surface area contributed by atoms with E-state index in [2.05, 4.69) is 11.9 Å². The molecule has 9 heteroatoms. The third-order valence-electron chi connectivity index (χ3n) is 4.97. The molecule has 8 nitrogen and oxygen atoms in total. The van der Waals surface area contributed by atoms with Crippen molar-refractivity contribution in [3.63, 3.8) is 0 Å². The van der Waals surface area contributed by atoms with Crippen molar-refractivity contribution < 1.29 is 4.79 Å². The van der Waals surface area contributed by atoms with Crippen LogP contribution in [0, 0.1) is 5.92 Å². The molecule has 0 aromatic carbocycles. The molecule has 0 unspecified atom stereocenters. The Hall–Kier alpha value is -2.03. The van der Waals surface area contributed by atoms with Crippen LogP contribution in [0.25, 0.3) is 11.2 Å². The first kappa shape index (κ1) is 18.8. The van der Waals surface area contributed by atoms with Crippen LogP contribution in [0.1, 0.15) is 26.7 Å². The number of aromatic nitrogens is 4. The Labute approximate surface area is 155 Å². The van der Waals surface area contributed by atoms with Gasteiger partial charge in [0.1, 0.15) is 0 Å². The van der Waals surface area contributed by atoms with E-state index in [4.69, 9.17) is 0 Å². The van der Waals surface area contributed by atoms with E-state index in [1.807, 2.05) is 4.90 Å². The highest BCUT2D eigenvalue weighted by atomic mass is 32.2. The zero-order chi connectivity index (χ0) is 19.0. The normalized spacial score (nSPS) is 17.8. The number of likely N-dealkylation sites (tertiary alicyclic amines) is 1. The lowest BCUT2D eigenvalue weighted by Crippen LogP contribution is -2.40. The SMILES string of the molecule is CCn1c(=O)c2c(nc(SCC(=O)N3CCC[C@H](C)C3)n2C)n(C)c1=O. The van der Waals surface area contributed by atoms with Crippen LogP contribution in [-0.4, -0.2) is 48.3 Å². The van der Waals surface area contributed by atoms with Crippen molar-refractivity contribution in [1.82, 2.24) is 23.6 Å². The fourth-order valence-corrected chi connectivity index (χ4v) is 4.34. The maximum Gasteiger partial charge on any atom is 0.332 e. The first-order chi connectivity index (χ1) is 12.3. The van der Waals surface area contributed by atoms with Crippen LogP contribution in [0.3, 0.4) is 0 Å². The van der Waals surface area contributed by atoms with Crippen LogP contribution >= 0.6 is 11.8 Å². The van der Waals surface area contributed by atoms with E-state index in [0.29, 0.717) is 28.8 Å². The molecule has 1 fully saturated rings. The fraction of sp³-hybridized carbons (Fsp3) is 0.647. The van der Waals surface area contributed by atoms with Gasteiger partial charge in [0.05, 0.1) is 5.75 Å². The summed E-state index contributed by atoms with van der Waals surface area (Å²) in [5, 5.41) is 0.569. The zero-order valence-corrected chi connectivity index (χ0v) is 16.5. The summed E-state index contributed by atoms with van der Waals surface area (Å²) in [6.45, 7) is 5.84. The molecule has 1 atom stereocenters. The van der Waals surface area contributed by atoms with Gasteiger partial charge in [-0.15, -0.1) is 0 Å². The van der Waals surface area contributed by atoms with E-state index in [9.17, 15) is 14.4 Å². The van der Waals surface area contributed by atoms with Gasteiger partial charge in [0.2, 0.25) is 5.91 Å². The molecule has 0 aliphatic carbocycles. The van der Waals surface area contributed by atoms with Gasteiger partial charge in [-0.3, -0.25) is 18.7 Å². The number of hydrogen-bond acceptors (Lipinski definition) is 5. The Morgan fingerprint density at radius 1 is 1.27 bits per heavy atom. The third-order valence-corrected chi connectivity index (χ3v) is 5.98. The standard InChI is InChI=1S/C17H25N5O3S/c1-5-22-15(24)13-14(20(4)17(22)25)18-16(19(13)3)26-10-12(23)21-8-6-7-11(2)9-21/h11H,5-10H2,1-4H3/t11-/m0/s1. The number of aryl methyl sites for hydroxylation is 2. The summed E-state index contributed by atoms with van der Waals surface area (Å²) in [5.41, 5.74) is 0.0194. The molecule has 1 aliphatic rings. The summed E-state index contributed by atoms with van der Waals surface area (Å²) in [5.74, 6) is 0.906. The summed E-state index contributed by atoms with van der Waals surface area (Å²) in [6, 6.07) is 0. The van der Waals surface area contributed by atoms with Crippen molar-refractivity contribution >= 4 is 28.8 Å². The Kier molecular flexibility index (Phi) is 5.27. The minimum Gasteiger partial charge on any atom is -0.342 e. The number of carbonyl (C=O) groups excluding carboxylic acids is 1. The monoisotopic (exact) mass is 379 g/mol. The summed E-state index contributed by atoms with van der Waals surface area (Å²) in [6.07, 6.45) is 2.21. The number of thioether (sulfide) groups is 1. The van der Waals surface area contributed by atoms with Crippen molar-refractivity contribution in [1.29, 1.82) is 0 Å². The lowest BCUT2D eigenvalue weighted by Gasteiger charge is -2.30. The Morgan fingerprint density at radius 3 is 2.65 bits per heavy atom. The largest absolute Gasteiger partial charge is 0.342 e. The van der Waals surface area contributed by atoms with Gasteiger partial charge in [-0.2, -0.15) is 0 Å². The number of imidazole rings is 1. The quantitative estimate of drug-likeness (QED) is 0.734. The summed E-state index contributed by atoms with van der Waals surface area (Å²) in [7, 11) is 3.36. The molecule has 1 saturated heterocycles. The number of piperidine rings is 1. The Bertz CT molecular complexity index is 958. The number of fused-ring (bicyclic) bond motifs is 1. The predicted molar refractivity (Wildman–Crippen MR) is 102 cm³/mol. The molecule has 0 N–H and O–H groups in total. The highest BCUT2D eigenvalue weighted by molar-refractivity contribution is 7.99. The number of hydrogen-bond donors (Lipinski definition) is 0. The molecular formula is C17H25N5O3S. The van der Waals surface area contributed by atoms with Crippen LogP contribution in [0.4, 0.5) is 0 Å². The van der Waals surface area contributed by atoms with Crippen molar-refractivity contribution in [2.24, 2.45) is 20.0 Å². The lowest BCUT2D eigenvalue weighted by molar-refractivity contribution is -0.130. The number of amides is 1. The van der Waals surface area contributed by atoms with E-state index in [-0.39, 0.29) is 22.9 Å². The van der Waals surface area contributed by atoms with Crippen LogP contribution in [-0.2, 0) is 25.4 Å². The average molecular weight is 379 g/mol. The summed E-state index contributed by atoms with van der Waals surface area (Å²) < 4.78 is 4.26. The van der Waals surface area contributed by atoms with Gasteiger partial charge in [0, 0.05) is 33.7 Å². The second kappa shape index (κ2) is 7.30. The van der Waals surface area contributed by atoms with Crippen LogP contribution in [0.5, 0.6) is 0 Å². The molecule has 142 valence electrons. The number of carbonyl (C=O) groups is 1. The maximum absolute atomic E-state index is 12.6. The van der Waals surface area contributed by atoms with E-state index >= 15 is 0 Å². The molecule has 26 heavy (non-hydrogen) atoms. The van der Waals surface area contributed by atoms with Crippen molar-refractivity contribution in [3.8, 4) is 0 Å². The van der Waals surface area contributed by atoms with E-state index in [0.717, 1.165) is 19.5 Å². The topological polar surface area (TPSA) is 82.1 Å². The second-order valence-electron chi connectivity index (χ2n) is 6.89. The maximum atomic E-state index is 12.6. The van der Waals surface area contributed by atoms with Crippen molar-refractivity contribution in [2.75, 3.05) is 18.8 Å². The minimum absolute atomic E-state index is 0.0912. The fourth-order valence-electron chi connectivity index (χ4n) is 3.46. The van der Waals surface area contributed by atoms with Crippen LogP contribution in [0.15, 0.2) is 14.7 Å². The molecule has 2 aromatic rings. The van der Waals surface area contributed by atoms with Gasteiger partial charge < -0.3 is 9.47 Å². The van der Waals surface area contributed by atoms with Crippen molar-refractivity contribution in [2.45, 2.75) is 38.4 Å². The highest BCUT2D eigenvalue weighted by Crippen LogP contribution is 2.22. The molecule has 0 radical (unpaired) electrons. The van der Waals surface area contributed by atoms with Gasteiger partial charge in [0.15, 0.2) is 16.3 Å². The molecule has 0 bridgehead atoms. The molecule has 1 aliphatic heterocycles. The zero-order valence-electron chi connectivity index (χ0n) is 15.7. The molecule has 2 aromatic heterocycles. The first-order valence-corrected chi connectivity index (χ1v) is 9.90. The molecular weight excluding hydrogens is 354 g/mol. The van der Waals surface area contributed by atoms with Gasteiger partial charge in [-0.25, -0.2) is 9.78 Å². The Morgan fingerprint density at radius 2 is 2.00 bits per heavy atom. The molecule has 3 rings (SSSR count). The Balaban J connectivity index is 1.87. The highest BCUT2D eigenvalue weighted by Gasteiger charge is 2.23. The summed E-state index contributed by atoms with van der Waals surface area (Å²) in [4.78, 5) is 43.7.